The molecule has 1 aliphatic rings. The molecule has 1 saturated heterocycles. The van der Waals surface area contributed by atoms with Crippen molar-refractivity contribution in [3.05, 3.63) is 53.1 Å². The van der Waals surface area contributed by atoms with Gasteiger partial charge in [-0.2, -0.15) is 5.10 Å². The number of aromatic nitrogens is 3. The van der Waals surface area contributed by atoms with Gasteiger partial charge in [0.05, 0.1) is 17.6 Å². The van der Waals surface area contributed by atoms with E-state index in [0.29, 0.717) is 18.6 Å². The largest absolute Gasteiger partial charge is 0.369 e. The Kier molecular flexibility index (Phi) is 5.87. The molecular weight excluding hydrogens is 350 g/mol. The summed E-state index contributed by atoms with van der Waals surface area (Å²) in [5.41, 5.74) is 5.82. The van der Waals surface area contributed by atoms with Crippen LogP contribution in [0, 0.1) is 13.8 Å². The van der Waals surface area contributed by atoms with Crippen LogP contribution in [0.1, 0.15) is 43.5 Å². The van der Waals surface area contributed by atoms with Gasteiger partial charge >= 0.3 is 0 Å². The van der Waals surface area contributed by atoms with Crippen LogP contribution in [0.25, 0.3) is 11.4 Å². The van der Waals surface area contributed by atoms with Gasteiger partial charge in [-0.05, 0) is 51.6 Å². The lowest BCUT2D eigenvalue weighted by Gasteiger charge is -2.28. The fourth-order valence-corrected chi connectivity index (χ4v) is 3.44. The van der Waals surface area contributed by atoms with Gasteiger partial charge in [-0.3, -0.25) is 9.79 Å². The maximum atomic E-state index is 11.5. The molecule has 0 aromatic carbocycles. The molecule has 3 heterocycles. The average molecular weight is 377 g/mol. The van der Waals surface area contributed by atoms with Crippen LogP contribution in [0.5, 0.6) is 0 Å². The van der Waals surface area contributed by atoms with Gasteiger partial charge in [-0.25, -0.2) is 9.67 Å². The number of allylic oxidation sites excluding steroid dienone is 4. The van der Waals surface area contributed by atoms with Gasteiger partial charge in [-0.1, -0.05) is 12.2 Å². The molecule has 146 valence electrons. The number of aliphatic imine (C=N–C) groups is 1. The molecule has 0 N–H and O–H groups in total. The van der Waals surface area contributed by atoms with Crippen LogP contribution >= 0.6 is 0 Å². The van der Waals surface area contributed by atoms with Crippen molar-refractivity contribution in [3.8, 4) is 5.82 Å². The molecule has 0 spiro atoms. The van der Waals surface area contributed by atoms with E-state index in [4.69, 9.17) is 5.10 Å². The van der Waals surface area contributed by atoms with E-state index in [1.807, 2.05) is 56.9 Å². The van der Waals surface area contributed by atoms with Crippen LogP contribution in [-0.2, 0) is 4.79 Å². The summed E-state index contributed by atoms with van der Waals surface area (Å²) in [5, 5.41) is 4.78. The minimum atomic E-state index is 0.339. The molecule has 0 unspecified atom stereocenters. The Labute approximate surface area is 166 Å². The Hall–Kier alpha value is -3.02. The summed E-state index contributed by atoms with van der Waals surface area (Å²) >= 11 is 0. The number of carbonyl (C=O) groups excluding carboxylic acids is 1. The zero-order valence-electron chi connectivity index (χ0n) is 17.1. The molecule has 1 fully saturated rings. The Bertz CT molecular complexity index is 957. The third kappa shape index (κ3) is 3.96. The minimum absolute atomic E-state index is 0.339. The lowest BCUT2D eigenvalue weighted by Crippen LogP contribution is -2.33. The number of ketones is 1. The van der Waals surface area contributed by atoms with Gasteiger partial charge in [-0.15, -0.1) is 0 Å². The van der Waals surface area contributed by atoms with Gasteiger partial charge in [0.15, 0.2) is 5.82 Å². The number of nitrogens with zero attached hydrogens (tertiary/aromatic N) is 5. The SMILES string of the molecule is C=N/C(C)=C(\C=C/C)c1nn(-c2ncc(N3CCC(=O)CC3)cc2C)cc1C. The van der Waals surface area contributed by atoms with E-state index in [2.05, 4.69) is 27.7 Å². The molecule has 0 amide bonds. The minimum Gasteiger partial charge on any atom is -0.369 e. The molecule has 0 bridgehead atoms. The zero-order chi connectivity index (χ0) is 20.3. The molecule has 28 heavy (non-hydrogen) atoms. The molecule has 3 rings (SSSR count). The lowest BCUT2D eigenvalue weighted by atomic mass is 10.1. The van der Waals surface area contributed by atoms with E-state index >= 15 is 0 Å². The molecule has 0 aliphatic carbocycles. The highest BCUT2D eigenvalue weighted by atomic mass is 16.1. The molecule has 0 radical (unpaired) electrons. The first-order valence-electron chi connectivity index (χ1n) is 9.55. The van der Waals surface area contributed by atoms with Crippen LogP contribution in [0.2, 0.25) is 0 Å². The van der Waals surface area contributed by atoms with Crippen molar-refractivity contribution < 1.29 is 4.79 Å². The summed E-state index contributed by atoms with van der Waals surface area (Å²) in [5.74, 6) is 1.14. The number of hydrogen-bond acceptors (Lipinski definition) is 5. The van der Waals surface area contributed by atoms with Crippen molar-refractivity contribution in [1.82, 2.24) is 14.8 Å². The second-order valence-electron chi connectivity index (χ2n) is 7.12. The third-order valence-electron chi connectivity index (χ3n) is 5.05. The molecular formula is C22H27N5O. The number of Topliss-reactive ketones (excluding diaryl/α,β-unsaturated/α-hetero) is 1. The summed E-state index contributed by atoms with van der Waals surface area (Å²) in [6, 6.07) is 2.12. The molecule has 0 atom stereocenters. The average Bonchev–Trinajstić information content (AvgIpc) is 3.07. The maximum absolute atomic E-state index is 11.5. The second-order valence-corrected chi connectivity index (χ2v) is 7.12. The fraction of sp³-hybridized carbons (Fsp3) is 0.364. The summed E-state index contributed by atoms with van der Waals surface area (Å²) in [6.07, 6.45) is 9.06. The quantitative estimate of drug-likeness (QED) is 0.582. The number of aryl methyl sites for hydroxylation is 2. The number of hydrogen-bond donors (Lipinski definition) is 0. The second kappa shape index (κ2) is 8.33. The van der Waals surface area contributed by atoms with E-state index in [9.17, 15) is 4.79 Å². The molecule has 2 aromatic heterocycles. The Balaban J connectivity index is 1.94. The summed E-state index contributed by atoms with van der Waals surface area (Å²) < 4.78 is 1.82. The van der Waals surface area contributed by atoms with Crippen molar-refractivity contribution in [1.29, 1.82) is 0 Å². The predicted octanol–water partition coefficient (Wildman–Crippen LogP) is 4.06. The van der Waals surface area contributed by atoms with Crippen molar-refractivity contribution in [2.24, 2.45) is 4.99 Å². The Morgan fingerprint density at radius 2 is 1.96 bits per heavy atom. The highest BCUT2D eigenvalue weighted by Crippen LogP contribution is 2.26. The highest BCUT2D eigenvalue weighted by Gasteiger charge is 2.18. The van der Waals surface area contributed by atoms with E-state index in [1.165, 1.54) is 0 Å². The first-order chi connectivity index (χ1) is 13.4. The molecule has 6 heteroatoms. The summed E-state index contributed by atoms with van der Waals surface area (Å²) in [4.78, 5) is 22.4. The molecule has 2 aromatic rings. The normalized spacial score (nSPS) is 15.9. The van der Waals surface area contributed by atoms with E-state index in [1.54, 1.807) is 0 Å². The standard InChI is InChI=1S/C22H27N5O/c1-6-7-20(17(4)23-5)21-16(3)14-27(25-21)22-15(2)12-18(13-24-22)26-10-8-19(28)9-11-26/h6-7,12-14H,5,8-11H2,1-4H3/b7-6-,20-17+. The van der Waals surface area contributed by atoms with Crippen molar-refractivity contribution in [2.75, 3.05) is 18.0 Å². The number of pyridine rings is 1. The molecule has 0 saturated carbocycles. The monoisotopic (exact) mass is 377 g/mol. The number of anilines is 1. The van der Waals surface area contributed by atoms with Gasteiger partial charge in [0.2, 0.25) is 0 Å². The molecule has 1 aliphatic heterocycles. The van der Waals surface area contributed by atoms with Crippen LogP contribution in [0.15, 0.2) is 41.3 Å². The van der Waals surface area contributed by atoms with Gasteiger partial charge in [0.1, 0.15) is 5.78 Å². The third-order valence-corrected chi connectivity index (χ3v) is 5.05. The Morgan fingerprint density at radius 1 is 1.25 bits per heavy atom. The van der Waals surface area contributed by atoms with Crippen LogP contribution in [0.3, 0.4) is 0 Å². The van der Waals surface area contributed by atoms with Gasteiger partial charge in [0.25, 0.3) is 0 Å². The van der Waals surface area contributed by atoms with Crippen molar-refractivity contribution in [3.63, 3.8) is 0 Å². The lowest BCUT2D eigenvalue weighted by molar-refractivity contribution is -0.119. The van der Waals surface area contributed by atoms with E-state index in [0.717, 1.165) is 52.7 Å². The Morgan fingerprint density at radius 3 is 2.57 bits per heavy atom. The summed E-state index contributed by atoms with van der Waals surface area (Å²) in [6.45, 7) is 13.1. The summed E-state index contributed by atoms with van der Waals surface area (Å²) in [7, 11) is 0. The number of piperidine rings is 1. The van der Waals surface area contributed by atoms with E-state index < -0.39 is 0 Å². The van der Waals surface area contributed by atoms with Gasteiger partial charge in [0, 0.05) is 43.4 Å². The zero-order valence-corrected chi connectivity index (χ0v) is 17.1. The first-order valence-corrected chi connectivity index (χ1v) is 9.55. The first kappa shape index (κ1) is 19.7. The highest BCUT2D eigenvalue weighted by molar-refractivity contribution is 5.81. The predicted molar refractivity (Wildman–Crippen MR) is 114 cm³/mol. The van der Waals surface area contributed by atoms with Crippen LogP contribution in [-0.4, -0.2) is 40.4 Å². The van der Waals surface area contributed by atoms with Crippen LogP contribution in [0.4, 0.5) is 5.69 Å². The number of rotatable bonds is 5. The van der Waals surface area contributed by atoms with Gasteiger partial charge < -0.3 is 4.90 Å². The fourth-order valence-electron chi connectivity index (χ4n) is 3.44. The van der Waals surface area contributed by atoms with Crippen LogP contribution < -0.4 is 4.90 Å². The smallest absolute Gasteiger partial charge is 0.156 e. The molecule has 6 nitrogen and oxygen atoms in total. The van der Waals surface area contributed by atoms with E-state index in [-0.39, 0.29) is 0 Å². The topological polar surface area (TPSA) is 63.4 Å². The van der Waals surface area contributed by atoms with Crippen molar-refractivity contribution in [2.45, 2.75) is 40.5 Å². The number of carbonyl (C=O) groups is 1. The van der Waals surface area contributed by atoms with Crippen molar-refractivity contribution >= 4 is 23.8 Å². The maximum Gasteiger partial charge on any atom is 0.156 e.